The van der Waals surface area contributed by atoms with Gasteiger partial charge in [0.2, 0.25) is 5.91 Å². The summed E-state index contributed by atoms with van der Waals surface area (Å²) in [4.78, 5) is 18.6. The Morgan fingerprint density at radius 1 is 1.40 bits per heavy atom. The summed E-state index contributed by atoms with van der Waals surface area (Å²) in [7, 11) is 3.90. The zero-order valence-corrected chi connectivity index (χ0v) is 12.1. The number of nitrogens with zero attached hydrogens (tertiary/aromatic N) is 2. The van der Waals surface area contributed by atoms with Gasteiger partial charge in [0.05, 0.1) is 17.9 Å². The summed E-state index contributed by atoms with van der Waals surface area (Å²) in [5.41, 5.74) is 0.767. The number of pyridine rings is 1. The van der Waals surface area contributed by atoms with Crippen LogP contribution >= 0.6 is 0 Å². The summed E-state index contributed by atoms with van der Waals surface area (Å²) in [6, 6.07) is 3.79. The van der Waals surface area contributed by atoms with Crippen molar-refractivity contribution in [2.75, 3.05) is 30.9 Å². The van der Waals surface area contributed by atoms with Gasteiger partial charge in [-0.2, -0.15) is 0 Å². The third-order valence-electron chi connectivity index (χ3n) is 4.50. The lowest BCUT2D eigenvalue weighted by atomic mass is 9.93. The first-order valence-corrected chi connectivity index (χ1v) is 7.33. The van der Waals surface area contributed by atoms with Gasteiger partial charge in [0, 0.05) is 14.1 Å². The van der Waals surface area contributed by atoms with Crippen molar-refractivity contribution in [3.8, 4) is 0 Å². The van der Waals surface area contributed by atoms with Crippen LogP contribution in [0.5, 0.6) is 0 Å². The summed E-state index contributed by atoms with van der Waals surface area (Å²) in [6.07, 6.45) is 5.42. The second kappa shape index (κ2) is 5.40. The number of nitrogens with one attached hydrogen (secondary N) is 2. The SMILES string of the molecule is CN(C)c1ccc(NC(=O)C2NCC3CCCC32)cn1. The van der Waals surface area contributed by atoms with Crippen molar-refractivity contribution in [3.63, 3.8) is 0 Å². The van der Waals surface area contributed by atoms with Crippen molar-refractivity contribution < 1.29 is 4.79 Å². The van der Waals surface area contributed by atoms with Gasteiger partial charge in [-0.15, -0.1) is 0 Å². The van der Waals surface area contributed by atoms with Crippen LogP contribution in [-0.2, 0) is 4.79 Å². The van der Waals surface area contributed by atoms with E-state index in [2.05, 4.69) is 15.6 Å². The third-order valence-corrected chi connectivity index (χ3v) is 4.50. The van der Waals surface area contributed by atoms with E-state index < -0.39 is 0 Å². The predicted molar refractivity (Wildman–Crippen MR) is 79.8 cm³/mol. The molecule has 1 saturated heterocycles. The maximum absolute atomic E-state index is 12.4. The Kier molecular flexibility index (Phi) is 3.61. The Bertz CT molecular complexity index is 485. The van der Waals surface area contributed by atoms with E-state index in [4.69, 9.17) is 0 Å². The zero-order valence-electron chi connectivity index (χ0n) is 12.1. The quantitative estimate of drug-likeness (QED) is 0.876. The molecule has 1 aromatic heterocycles. The molecule has 5 heteroatoms. The molecule has 1 aromatic rings. The number of carbonyl (C=O) groups is 1. The van der Waals surface area contributed by atoms with Crippen molar-refractivity contribution in [1.82, 2.24) is 10.3 Å². The highest BCUT2D eigenvalue weighted by Crippen LogP contribution is 2.37. The van der Waals surface area contributed by atoms with Gasteiger partial charge < -0.3 is 15.5 Å². The molecular weight excluding hydrogens is 252 g/mol. The van der Waals surface area contributed by atoms with Crippen molar-refractivity contribution in [2.24, 2.45) is 11.8 Å². The number of anilines is 2. The van der Waals surface area contributed by atoms with Crippen molar-refractivity contribution in [1.29, 1.82) is 0 Å². The molecule has 3 atom stereocenters. The molecule has 3 unspecified atom stereocenters. The van der Waals surface area contributed by atoms with E-state index in [0.29, 0.717) is 11.8 Å². The molecule has 5 nitrogen and oxygen atoms in total. The van der Waals surface area contributed by atoms with Crippen molar-refractivity contribution in [3.05, 3.63) is 18.3 Å². The molecule has 20 heavy (non-hydrogen) atoms. The molecule has 0 radical (unpaired) electrons. The van der Waals surface area contributed by atoms with E-state index in [1.807, 2.05) is 31.1 Å². The van der Waals surface area contributed by atoms with Gasteiger partial charge in [-0.05, 0) is 43.4 Å². The molecule has 2 aliphatic rings. The number of aromatic nitrogens is 1. The minimum Gasteiger partial charge on any atom is -0.363 e. The highest BCUT2D eigenvalue weighted by molar-refractivity contribution is 5.95. The standard InChI is InChI=1S/C15H22N4O/c1-19(2)13-7-6-11(9-16-13)18-15(20)14-12-5-3-4-10(12)8-17-14/h6-7,9-10,12,14,17H,3-5,8H2,1-2H3,(H,18,20). The van der Waals surface area contributed by atoms with Gasteiger partial charge in [0.15, 0.2) is 0 Å². The Morgan fingerprint density at radius 2 is 2.25 bits per heavy atom. The normalized spacial score (nSPS) is 28.2. The molecule has 2 heterocycles. The number of amides is 1. The van der Waals surface area contributed by atoms with Crippen molar-refractivity contribution >= 4 is 17.4 Å². The Hall–Kier alpha value is -1.62. The fourth-order valence-electron chi connectivity index (χ4n) is 3.42. The average Bonchev–Trinajstić information content (AvgIpc) is 3.01. The number of hydrogen-bond acceptors (Lipinski definition) is 4. The largest absolute Gasteiger partial charge is 0.363 e. The maximum atomic E-state index is 12.4. The molecule has 1 saturated carbocycles. The van der Waals surface area contributed by atoms with Gasteiger partial charge in [-0.3, -0.25) is 4.79 Å². The monoisotopic (exact) mass is 274 g/mol. The topological polar surface area (TPSA) is 57.3 Å². The predicted octanol–water partition coefficient (Wildman–Crippen LogP) is 1.47. The molecule has 2 N–H and O–H groups in total. The molecule has 0 bridgehead atoms. The average molecular weight is 274 g/mol. The number of carbonyl (C=O) groups excluding carboxylic acids is 1. The smallest absolute Gasteiger partial charge is 0.241 e. The highest BCUT2D eigenvalue weighted by Gasteiger charge is 2.42. The molecule has 3 rings (SSSR count). The summed E-state index contributed by atoms with van der Waals surface area (Å²) >= 11 is 0. The van der Waals surface area contributed by atoms with Crippen LogP contribution in [0.4, 0.5) is 11.5 Å². The zero-order chi connectivity index (χ0) is 14.1. The first-order chi connectivity index (χ1) is 9.65. The Balaban J connectivity index is 1.64. The molecule has 1 aliphatic carbocycles. The van der Waals surface area contributed by atoms with Crippen LogP contribution < -0.4 is 15.5 Å². The lowest BCUT2D eigenvalue weighted by Crippen LogP contribution is -2.39. The number of rotatable bonds is 3. The summed E-state index contributed by atoms with van der Waals surface area (Å²) < 4.78 is 0. The molecule has 0 spiro atoms. The fourth-order valence-corrected chi connectivity index (χ4v) is 3.42. The third kappa shape index (κ3) is 2.50. The fraction of sp³-hybridized carbons (Fsp3) is 0.600. The van der Waals surface area contributed by atoms with E-state index in [0.717, 1.165) is 18.1 Å². The van der Waals surface area contributed by atoms with Crippen LogP contribution in [0.1, 0.15) is 19.3 Å². The van der Waals surface area contributed by atoms with Gasteiger partial charge in [0.1, 0.15) is 5.82 Å². The van der Waals surface area contributed by atoms with Crippen LogP contribution in [0.25, 0.3) is 0 Å². The molecule has 2 fully saturated rings. The molecule has 1 amide bonds. The highest BCUT2D eigenvalue weighted by atomic mass is 16.2. The van der Waals surface area contributed by atoms with E-state index in [9.17, 15) is 4.79 Å². The van der Waals surface area contributed by atoms with E-state index in [1.54, 1.807) is 6.20 Å². The minimum absolute atomic E-state index is 0.0315. The Morgan fingerprint density at radius 3 is 2.95 bits per heavy atom. The van der Waals surface area contributed by atoms with Crippen molar-refractivity contribution in [2.45, 2.75) is 25.3 Å². The van der Waals surface area contributed by atoms with Crippen LogP contribution in [-0.4, -0.2) is 37.6 Å². The lowest BCUT2D eigenvalue weighted by Gasteiger charge is -2.18. The summed E-state index contributed by atoms with van der Waals surface area (Å²) in [5, 5.41) is 6.35. The van der Waals surface area contributed by atoms with Crippen LogP contribution in [0.2, 0.25) is 0 Å². The second-order valence-electron chi connectivity index (χ2n) is 6.03. The van der Waals surface area contributed by atoms with Crippen LogP contribution in [0, 0.1) is 11.8 Å². The maximum Gasteiger partial charge on any atom is 0.241 e. The number of hydrogen-bond donors (Lipinski definition) is 2. The summed E-state index contributed by atoms with van der Waals surface area (Å²) in [5.74, 6) is 2.18. The van der Waals surface area contributed by atoms with E-state index >= 15 is 0 Å². The first kappa shape index (κ1) is 13.4. The second-order valence-corrected chi connectivity index (χ2v) is 6.03. The summed E-state index contributed by atoms with van der Waals surface area (Å²) in [6.45, 7) is 0.987. The van der Waals surface area contributed by atoms with Crippen LogP contribution in [0.3, 0.4) is 0 Å². The molecule has 1 aliphatic heterocycles. The molecular formula is C15H22N4O. The lowest BCUT2D eigenvalue weighted by molar-refractivity contribution is -0.118. The van der Waals surface area contributed by atoms with Gasteiger partial charge in [-0.1, -0.05) is 6.42 Å². The van der Waals surface area contributed by atoms with E-state index in [-0.39, 0.29) is 11.9 Å². The van der Waals surface area contributed by atoms with Gasteiger partial charge >= 0.3 is 0 Å². The van der Waals surface area contributed by atoms with Gasteiger partial charge in [0.25, 0.3) is 0 Å². The van der Waals surface area contributed by atoms with E-state index in [1.165, 1.54) is 19.3 Å². The van der Waals surface area contributed by atoms with Crippen LogP contribution in [0.15, 0.2) is 18.3 Å². The first-order valence-electron chi connectivity index (χ1n) is 7.33. The Labute approximate surface area is 119 Å². The number of fused-ring (bicyclic) bond motifs is 1. The minimum atomic E-state index is -0.0315. The molecule has 108 valence electrons. The molecule has 0 aromatic carbocycles. The van der Waals surface area contributed by atoms with Gasteiger partial charge in [-0.25, -0.2) is 4.98 Å².